The zero-order valence-electron chi connectivity index (χ0n) is 13.6. The van der Waals surface area contributed by atoms with Crippen LogP contribution in [0.25, 0.3) is 10.9 Å². The Kier molecular flexibility index (Phi) is 4.94. The molecule has 0 aliphatic carbocycles. The van der Waals surface area contributed by atoms with Crippen molar-refractivity contribution < 1.29 is 13.2 Å². The van der Waals surface area contributed by atoms with Gasteiger partial charge in [-0.2, -0.15) is 0 Å². The molecule has 1 heterocycles. The van der Waals surface area contributed by atoms with Gasteiger partial charge in [0, 0.05) is 22.0 Å². The van der Waals surface area contributed by atoms with Gasteiger partial charge in [0.2, 0.25) is 0 Å². The lowest BCUT2D eigenvalue weighted by atomic mass is 10.1. The maximum absolute atomic E-state index is 14.2. The Hall–Kier alpha value is -2.15. The predicted molar refractivity (Wildman–Crippen MR) is 95.4 cm³/mol. The van der Waals surface area contributed by atoms with Gasteiger partial charge in [-0.25, -0.2) is 23.1 Å². The zero-order valence-corrected chi connectivity index (χ0v) is 15.2. The number of benzene rings is 2. The molecule has 0 fully saturated rings. The fraction of sp³-hybridized carbons (Fsp3) is 0.222. The van der Waals surface area contributed by atoms with Crippen molar-refractivity contribution in [2.24, 2.45) is 0 Å². The number of alkyl halides is 2. The number of rotatable bonds is 4. The number of fused-ring (bicyclic) bond motifs is 1. The largest absolute Gasteiger partial charge is 0.365 e. The number of aromatic nitrogens is 2. The molecule has 25 heavy (non-hydrogen) atoms. The fourth-order valence-electron chi connectivity index (χ4n) is 2.59. The third-order valence-corrected chi connectivity index (χ3v) is 4.73. The molecule has 3 rings (SSSR count). The highest BCUT2D eigenvalue weighted by molar-refractivity contribution is 9.10. The van der Waals surface area contributed by atoms with E-state index < -0.39 is 17.8 Å². The molecule has 0 aliphatic rings. The van der Waals surface area contributed by atoms with Crippen LogP contribution in [0.4, 0.5) is 19.0 Å². The van der Waals surface area contributed by atoms with E-state index in [1.54, 1.807) is 6.92 Å². The Morgan fingerprint density at radius 1 is 1.16 bits per heavy atom. The van der Waals surface area contributed by atoms with E-state index in [1.807, 2.05) is 19.1 Å². The molecule has 0 radical (unpaired) electrons. The van der Waals surface area contributed by atoms with Gasteiger partial charge >= 0.3 is 0 Å². The molecule has 0 saturated heterocycles. The summed E-state index contributed by atoms with van der Waals surface area (Å²) in [7, 11) is 0. The highest BCUT2D eigenvalue weighted by Gasteiger charge is 2.16. The second kappa shape index (κ2) is 7.00. The number of nitrogens with zero attached hydrogens (tertiary/aromatic N) is 2. The summed E-state index contributed by atoms with van der Waals surface area (Å²) in [5.41, 5.74) is 1.32. The normalized spacial score (nSPS) is 11.3. The number of hydrogen-bond donors (Lipinski definition) is 1. The van der Waals surface area contributed by atoms with E-state index in [-0.39, 0.29) is 12.1 Å². The van der Waals surface area contributed by atoms with Gasteiger partial charge < -0.3 is 5.32 Å². The van der Waals surface area contributed by atoms with E-state index in [0.29, 0.717) is 11.6 Å². The highest BCUT2D eigenvalue weighted by atomic mass is 79.9. The van der Waals surface area contributed by atoms with Crippen molar-refractivity contribution in [1.29, 1.82) is 0 Å². The molecule has 0 saturated carbocycles. The van der Waals surface area contributed by atoms with Crippen LogP contribution in [0.2, 0.25) is 0 Å². The van der Waals surface area contributed by atoms with Crippen LogP contribution in [0.3, 0.4) is 0 Å². The average Bonchev–Trinajstić information content (AvgIpc) is 2.55. The SMILES string of the molecule is Cc1nc(NCc2cccc(C(F)F)c2F)c2cc(C)c(Br)cc2n1. The topological polar surface area (TPSA) is 37.8 Å². The first-order chi connectivity index (χ1) is 11.9. The van der Waals surface area contributed by atoms with E-state index in [1.165, 1.54) is 12.1 Å². The number of anilines is 1. The quantitative estimate of drug-likeness (QED) is 0.600. The Balaban J connectivity index is 1.97. The smallest absolute Gasteiger partial charge is 0.266 e. The molecule has 130 valence electrons. The van der Waals surface area contributed by atoms with Gasteiger partial charge in [-0.05, 0) is 31.5 Å². The molecular weight excluding hydrogens is 395 g/mol. The van der Waals surface area contributed by atoms with Crippen molar-refractivity contribution in [3.8, 4) is 0 Å². The molecular formula is C18H15BrF3N3. The Bertz CT molecular complexity index is 944. The first kappa shape index (κ1) is 17.7. The molecule has 3 nitrogen and oxygen atoms in total. The standard InChI is InChI=1S/C18H15BrF3N3/c1-9-6-13-15(7-14(9)19)24-10(2)25-18(13)23-8-11-4-3-5-12(16(11)20)17(21)22/h3-7,17H,8H2,1-2H3,(H,23,24,25). The van der Waals surface area contributed by atoms with Crippen LogP contribution in [0.5, 0.6) is 0 Å². The van der Waals surface area contributed by atoms with Crippen molar-refractivity contribution in [2.45, 2.75) is 26.8 Å². The lowest BCUT2D eigenvalue weighted by Crippen LogP contribution is -2.07. The van der Waals surface area contributed by atoms with Crippen LogP contribution in [-0.4, -0.2) is 9.97 Å². The second-order valence-corrected chi connectivity index (χ2v) is 6.57. The van der Waals surface area contributed by atoms with Gasteiger partial charge in [-0.15, -0.1) is 0 Å². The van der Waals surface area contributed by atoms with Crippen molar-refractivity contribution in [1.82, 2.24) is 9.97 Å². The highest BCUT2D eigenvalue weighted by Crippen LogP contribution is 2.28. The molecule has 1 N–H and O–H groups in total. The van der Waals surface area contributed by atoms with E-state index in [2.05, 4.69) is 31.2 Å². The van der Waals surface area contributed by atoms with Crippen LogP contribution in [-0.2, 0) is 6.54 Å². The molecule has 2 aromatic carbocycles. The lowest BCUT2D eigenvalue weighted by molar-refractivity contribution is 0.146. The minimum atomic E-state index is -2.85. The van der Waals surface area contributed by atoms with Crippen molar-refractivity contribution in [3.63, 3.8) is 0 Å². The summed E-state index contributed by atoms with van der Waals surface area (Å²) in [6.07, 6.45) is -2.85. The first-order valence-corrected chi connectivity index (χ1v) is 8.40. The molecule has 7 heteroatoms. The van der Waals surface area contributed by atoms with E-state index in [9.17, 15) is 13.2 Å². The summed E-state index contributed by atoms with van der Waals surface area (Å²) in [4.78, 5) is 8.76. The van der Waals surface area contributed by atoms with Gasteiger partial charge in [0.25, 0.3) is 6.43 Å². The number of hydrogen-bond acceptors (Lipinski definition) is 3. The maximum Gasteiger partial charge on any atom is 0.266 e. The number of halogens is 4. The van der Waals surface area contributed by atoms with Crippen LogP contribution < -0.4 is 5.32 Å². The minimum Gasteiger partial charge on any atom is -0.365 e. The molecule has 1 aromatic heterocycles. The number of nitrogens with one attached hydrogen (secondary N) is 1. The van der Waals surface area contributed by atoms with Gasteiger partial charge in [-0.1, -0.05) is 34.1 Å². The van der Waals surface area contributed by atoms with E-state index >= 15 is 0 Å². The van der Waals surface area contributed by atoms with Crippen LogP contribution in [0.1, 0.15) is 28.9 Å². The third-order valence-electron chi connectivity index (χ3n) is 3.88. The lowest BCUT2D eigenvalue weighted by Gasteiger charge is -2.12. The summed E-state index contributed by atoms with van der Waals surface area (Å²) in [6.45, 7) is 3.75. The van der Waals surface area contributed by atoms with Crippen LogP contribution in [0, 0.1) is 19.7 Å². The van der Waals surface area contributed by atoms with Gasteiger partial charge in [0.15, 0.2) is 0 Å². The summed E-state index contributed by atoms with van der Waals surface area (Å²) < 4.78 is 40.8. The average molecular weight is 410 g/mol. The Morgan fingerprint density at radius 2 is 1.92 bits per heavy atom. The summed E-state index contributed by atoms with van der Waals surface area (Å²) in [5.74, 6) is 0.214. The van der Waals surface area contributed by atoms with Crippen LogP contribution in [0.15, 0.2) is 34.8 Å². The van der Waals surface area contributed by atoms with Gasteiger partial charge in [0.1, 0.15) is 17.5 Å². The molecule has 0 atom stereocenters. The molecule has 0 amide bonds. The molecule has 0 spiro atoms. The molecule has 0 bridgehead atoms. The fourth-order valence-corrected chi connectivity index (χ4v) is 2.92. The summed E-state index contributed by atoms with van der Waals surface area (Å²) >= 11 is 3.47. The number of aryl methyl sites for hydroxylation is 2. The Morgan fingerprint density at radius 3 is 2.64 bits per heavy atom. The summed E-state index contributed by atoms with van der Waals surface area (Å²) in [6, 6.07) is 7.81. The molecule has 3 aromatic rings. The minimum absolute atomic E-state index is 0.0487. The van der Waals surface area contributed by atoms with Crippen molar-refractivity contribution in [2.75, 3.05) is 5.32 Å². The third kappa shape index (κ3) is 3.61. The van der Waals surface area contributed by atoms with E-state index in [0.717, 1.165) is 27.0 Å². The molecule has 0 aliphatic heterocycles. The zero-order chi connectivity index (χ0) is 18.1. The maximum atomic E-state index is 14.2. The first-order valence-electron chi connectivity index (χ1n) is 7.60. The van der Waals surface area contributed by atoms with Crippen molar-refractivity contribution >= 4 is 32.7 Å². The second-order valence-electron chi connectivity index (χ2n) is 5.71. The van der Waals surface area contributed by atoms with Crippen LogP contribution >= 0.6 is 15.9 Å². The van der Waals surface area contributed by atoms with Gasteiger partial charge in [-0.3, -0.25) is 0 Å². The Labute approximate surface area is 151 Å². The predicted octanol–water partition coefficient (Wildman–Crippen LogP) is 5.70. The molecule has 0 unspecified atom stereocenters. The van der Waals surface area contributed by atoms with Gasteiger partial charge in [0.05, 0.1) is 11.1 Å². The van der Waals surface area contributed by atoms with E-state index in [4.69, 9.17) is 0 Å². The van der Waals surface area contributed by atoms with Crippen molar-refractivity contribution in [3.05, 3.63) is 63.1 Å². The summed E-state index contributed by atoms with van der Waals surface area (Å²) in [5, 5.41) is 3.84. The monoisotopic (exact) mass is 409 g/mol.